The van der Waals surface area contributed by atoms with Crippen LogP contribution >= 0.6 is 0 Å². The molecule has 0 amide bonds. The van der Waals surface area contributed by atoms with Gasteiger partial charge in [-0.05, 0) is 36.4 Å². The number of nitrogens with zero attached hydrogens (tertiary/aromatic N) is 1. The minimum Gasteiger partial charge on any atom is -0.478 e. The average molecular weight is 348 g/mol. The van der Waals surface area contributed by atoms with Gasteiger partial charge >= 0.3 is 11.9 Å². The van der Waals surface area contributed by atoms with Gasteiger partial charge < -0.3 is 10.2 Å². The van der Waals surface area contributed by atoms with E-state index in [9.17, 15) is 19.8 Å². The average Bonchev–Trinajstić information content (AvgIpc) is 2.67. The minimum absolute atomic E-state index is 0.229. The fraction of sp³-hybridized carbons (Fsp3) is 0. The Bertz CT molecular complexity index is 927. The lowest BCUT2D eigenvalue weighted by Crippen LogP contribution is -2.27. The SMILES string of the molecule is O=C(O)c1cccc(N(Nc2ccccc2)c2ccccc2)c1C(=O)O. The number of rotatable bonds is 6. The van der Waals surface area contributed by atoms with Crippen molar-refractivity contribution in [3.63, 3.8) is 0 Å². The summed E-state index contributed by atoms with van der Waals surface area (Å²) in [5, 5.41) is 20.6. The Kier molecular flexibility index (Phi) is 4.85. The largest absolute Gasteiger partial charge is 0.478 e. The van der Waals surface area contributed by atoms with Crippen LogP contribution in [0.4, 0.5) is 17.1 Å². The van der Waals surface area contributed by atoms with E-state index in [1.807, 2.05) is 48.5 Å². The van der Waals surface area contributed by atoms with Crippen LogP contribution in [-0.4, -0.2) is 22.2 Å². The molecule has 6 heteroatoms. The molecule has 0 radical (unpaired) electrons. The van der Waals surface area contributed by atoms with E-state index in [1.54, 1.807) is 23.2 Å². The highest BCUT2D eigenvalue weighted by molar-refractivity contribution is 6.06. The third kappa shape index (κ3) is 3.49. The molecule has 0 unspecified atom stereocenters. The molecule has 130 valence electrons. The van der Waals surface area contributed by atoms with Crippen molar-refractivity contribution in [1.29, 1.82) is 0 Å². The highest BCUT2D eigenvalue weighted by Gasteiger charge is 2.24. The van der Waals surface area contributed by atoms with Gasteiger partial charge in [0.05, 0.1) is 28.2 Å². The summed E-state index contributed by atoms with van der Waals surface area (Å²) in [6, 6.07) is 22.7. The summed E-state index contributed by atoms with van der Waals surface area (Å²) in [5.41, 5.74) is 4.22. The topological polar surface area (TPSA) is 89.9 Å². The second-order valence-corrected chi connectivity index (χ2v) is 5.46. The first kappa shape index (κ1) is 17.0. The molecule has 0 saturated heterocycles. The summed E-state index contributed by atoms with van der Waals surface area (Å²) < 4.78 is 0. The van der Waals surface area contributed by atoms with Crippen LogP contribution in [0.2, 0.25) is 0 Å². The van der Waals surface area contributed by atoms with Crippen LogP contribution in [0.1, 0.15) is 20.7 Å². The number of carboxylic acids is 2. The number of para-hydroxylation sites is 2. The monoisotopic (exact) mass is 348 g/mol. The molecular formula is C20H16N2O4. The van der Waals surface area contributed by atoms with Gasteiger partial charge in [0.25, 0.3) is 0 Å². The van der Waals surface area contributed by atoms with Crippen LogP contribution in [0, 0.1) is 0 Å². The molecule has 0 bridgehead atoms. The van der Waals surface area contributed by atoms with Gasteiger partial charge in [-0.1, -0.05) is 42.5 Å². The van der Waals surface area contributed by atoms with Crippen molar-refractivity contribution < 1.29 is 19.8 Å². The Balaban J connectivity index is 2.18. The number of aromatic carboxylic acids is 2. The van der Waals surface area contributed by atoms with E-state index in [1.165, 1.54) is 12.1 Å². The second-order valence-electron chi connectivity index (χ2n) is 5.46. The Hall–Kier alpha value is -3.80. The lowest BCUT2D eigenvalue weighted by atomic mass is 10.0. The van der Waals surface area contributed by atoms with E-state index in [0.717, 1.165) is 5.69 Å². The molecule has 3 aromatic carbocycles. The van der Waals surface area contributed by atoms with Gasteiger partial charge in [0.15, 0.2) is 0 Å². The molecule has 0 aliphatic rings. The zero-order valence-corrected chi connectivity index (χ0v) is 13.7. The lowest BCUT2D eigenvalue weighted by molar-refractivity contribution is 0.0652. The standard InChI is InChI=1S/C20H16N2O4/c23-19(24)16-12-7-13-17(18(16)20(25)26)22(15-10-5-2-6-11-15)21-14-8-3-1-4-9-14/h1-13,21H,(H,23,24)(H,25,26). The summed E-state index contributed by atoms with van der Waals surface area (Å²) in [4.78, 5) is 23.3. The summed E-state index contributed by atoms with van der Waals surface area (Å²) in [5.74, 6) is -2.61. The molecule has 0 atom stereocenters. The van der Waals surface area contributed by atoms with Gasteiger partial charge in [-0.15, -0.1) is 0 Å². The van der Waals surface area contributed by atoms with Crippen LogP contribution in [0.15, 0.2) is 78.9 Å². The molecule has 26 heavy (non-hydrogen) atoms. The van der Waals surface area contributed by atoms with Crippen LogP contribution < -0.4 is 10.4 Å². The molecule has 0 aliphatic heterocycles. The first-order chi connectivity index (χ1) is 12.6. The highest BCUT2D eigenvalue weighted by Crippen LogP contribution is 2.31. The molecular weight excluding hydrogens is 332 g/mol. The molecule has 0 heterocycles. The highest BCUT2D eigenvalue weighted by atomic mass is 16.4. The van der Waals surface area contributed by atoms with Gasteiger partial charge in [-0.2, -0.15) is 0 Å². The van der Waals surface area contributed by atoms with E-state index in [4.69, 9.17) is 0 Å². The maximum atomic E-state index is 11.8. The molecule has 3 rings (SSSR count). The fourth-order valence-corrected chi connectivity index (χ4v) is 2.61. The number of hydrazine groups is 1. The van der Waals surface area contributed by atoms with Gasteiger partial charge in [0.2, 0.25) is 0 Å². The smallest absolute Gasteiger partial charge is 0.338 e. The Labute approximate surface area is 149 Å². The Morgan fingerprint density at radius 2 is 1.35 bits per heavy atom. The number of hydrogen-bond donors (Lipinski definition) is 3. The van der Waals surface area contributed by atoms with E-state index in [-0.39, 0.29) is 16.8 Å². The van der Waals surface area contributed by atoms with Crippen LogP contribution in [-0.2, 0) is 0 Å². The molecule has 6 nitrogen and oxygen atoms in total. The molecule has 0 spiro atoms. The van der Waals surface area contributed by atoms with E-state index >= 15 is 0 Å². The first-order valence-electron chi connectivity index (χ1n) is 7.84. The summed E-state index contributed by atoms with van der Waals surface area (Å²) in [7, 11) is 0. The van der Waals surface area contributed by atoms with Gasteiger partial charge in [0, 0.05) is 0 Å². The van der Waals surface area contributed by atoms with Crippen LogP contribution in [0.3, 0.4) is 0 Å². The summed E-state index contributed by atoms with van der Waals surface area (Å²) >= 11 is 0. The quantitative estimate of drug-likeness (QED) is 0.577. The third-order valence-electron chi connectivity index (χ3n) is 3.76. The normalized spacial score (nSPS) is 10.2. The summed E-state index contributed by atoms with van der Waals surface area (Å²) in [6.45, 7) is 0. The minimum atomic E-state index is -1.31. The third-order valence-corrected chi connectivity index (χ3v) is 3.76. The molecule has 0 aliphatic carbocycles. The number of benzene rings is 3. The number of nitrogens with one attached hydrogen (secondary N) is 1. The predicted octanol–water partition coefficient (Wildman–Crippen LogP) is 4.25. The maximum absolute atomic E-state index is 11.8. The fourth-order valence-electron chi connectivity index (χ4n) is 2.61. The van der Waals surface area contributed by atoms with Crippen LogP contribution in [0.25, 0.3) is 0 Å². The summed E-state index contributed by atoms with van der Waals surface area (Å²) in [6.07, 6.45) is 0. The van der Waals surface area contributed by atoms with Crippen molar-refractivity contribution in [1.82, 2.24) is 0 Å². The van der Waals surface area contributed by atoms with Crippen molar-refractivity contribution >= 4 is 29.0 Å². The number of hydrogen-bond acceptors (Lipinski definition) is 4. The van der Waals surface area contributed by atoms with Crippen molar-refractivity contribution in [2.24, 2.45) is 0 Å². The molecule has 0 saturated carbocycles. The predicted molar refractivity (Wildman–Crippen MR) is 99.0 cm³/mol. The van der Waals surface area contributed by atoms with Crippen molar-refractivity contribution in [3.8, 4) is 0 Å². The lowest BCUT2D eigenvalue weighted by Gasteiger charge is -2.28. The number of anilines is 3. The maximum Gasteiger partial charge on any atom is 0.338 e. The number of carboxylic acid groups (broad SMARTS) is 2. The second kappa shape index (κ2) is 7.40. The molecule has 3 aromatic rings. The first-order valence-corrected chi connectivity index (χ1v) is 7.84. The van der Waals surface area contributed by atoms with Crippen LogP contribution in [0.5, 0.6) is 0 Å². The zero-order chi connectivity index (χ0) is 18.5. The van der Waals surface area contributed by atoms with Gasteiger partial charge in [-0.3, -0.25) is 10.4 Å². The van der Waals surface area contributed by atoms with E-state index in [0.29, 0.717) is 5.69 Å². The van der Waals surface area contributed by atoms with Gasteiger partial charge in [0.1, 0.15) is 0 Å². The van der Waals surface area contributed by atoms with Crippen molar-refractivity contribution in [2.45, 2.75) is 0 Å². The van der Waals surface area contributed by atoms with E-state index in [2.05, 4.69) is 5.43 Å². The van der Waals surface area contributed by atoms with Crippen molar-refractivity contribution in [3.05, 3.63) is 90.0 Å². The van der Waals surface area contributed by atoms with Gasteiger partial charge in [-0.25, -0.2) is 9.59 Å². The molecule has 0 aromatic heterocycles. The number of carbonyl (C=O) groups is 2. The van der Waals surface area contributed by atoms with E-state index < -0.39 is 11.9 Å². The Morgan fingerprint density at radius 3 is 1.92 bits per heavy atom. The molecule has 3 N–H and O–H groups in total. The van der Waals surface area contributed by atoms with Crippen molar-refractivity contribution in [2.75, 3.05) is 10.4 Å². The molecule has 0 fully saturated rings. The zero-order valence-electron chi connectivity index (χ0n) is 13.7. The Morgan fingerprint density at radius 1 is 0.731 bits per heavy atom.